The minimum atomic E-state index is -3.45. The monoisotopic (exact) mass is 445 g/mol. The van der Waals surface area contributed by atoms with Crippen molar-refractivity contribution in [3.8, 4) is 11.4 Å². The zero-order chi connectivity index (χ0) is 22.0. The standard InChI is InChI=1S/C20H20FN5O4S/c1-30-17-8-6-15(7-9-17)26-20(22-23-24-26)19(27)12-14-4-5-16(13-18(14)21)25-10-2-3-11-31(25,28)29/h4-9,13H,2-3,10-12H2,1H3. The third kappa shape index (κ3) is 4.26. The Hall–Kier alpha value is -3.34. The first-order valence-electron chi connectivity index (χ1n) is 9.64. The molecule has 11 heteroatoms. The average Bonchev–Trinajstić information content (AvgIpc) is 3.25. The highest BCUT2D eigenvalue weighted by Gasteiger charge is 2.27. The third-order valence-electron chi connectivity index (χ3n) is 5.06. The van der Waals surface area contributed by atoms with Crippen LogP contribution in [0.4, 0.5) is 10.1 Å². The van der Waals surface area contributed by atoms with Gasteiger partial charge in [0.15, 0.2) is 0 Å². The molecule has 0 amide bonds. The highest BCUT2D eigenvalue weighted by Crippen LogP contribution is 2.26. The average molecular weight is 445 g/mol. The fourth-order valence-corrected chi connectivity index (χ4v) is 5.06. The first kappa shape index (κ1) is 20.9. The molecule has 1 aliphatic heterocycles. The molecule has 0 radical (unpaired) electrons. The second-order valence-electron chi connectivity index (χ2n) is 7.08. The SMILES string of the molecule is COc1ccc(-n2nnnc2C(=O)Cc2ccc(N3CCCCS3(=O)=O)cc2F)cc1. The number of methoxy groups -OCH3 is 1. The van der Waals surface area contributed by atoms with E-state index in [0.29, 0.717) is 24.4 Å². The van der Waals surface area contributed by atoms with Crippen molar-refractivity contribution in [3.05, 3.63) is 59.7 Å². The Morgan fingerprint density at radius 1 is 1.13 bits per heavy atom. The van der Waals surface area contributed by atoms with E-state index >= 15 is 0 Å². The number of anilines is 1. The molecule has 2 heterocycles. The van der Waals surface area contributed by atoms with Crippen molar-refractivity contribution in [3.63, 3.8) is 0 Å². The van der Waals surface area contributed by atoms with Crippen LogP contribution < -0.4 is 9.04 Å². The van der Waals surface area contributed by atoms with E-state index in [2.05, 4.69) is 15.5 Å². The van der Waals surface area contributed by atoms with Crippen molar-refractivity contribution in [1.29, 1.82) is 0 Å². The van der Waals surface area contributed by atoms with Gasteiger partial charge in [-0.15, -0.1) is 5.10 Å². The fourth-order valence-electron chi connectivity index (χ4n) is 3.42. The van der Waals surface area contributed by atoms with Crippen molar-refractivity contribution in [2.45, 2.75) is 19.3 Å². The lowest BCUT2D eigenvalue weighted by Gasteiger charge is -2.28. The van der Waals surface area contributed by atoms with Crippen molar-refractivity contribution < 1.29 is 22.3 Å². The molecule has 1 fully saturated rings. The van der Waals surface area contributed by atoms with Gasteiger partial charge in [0.25, 0.3) is 0 Å². The number of sulfonamides is 1. The van der Waals surface area contributed by atoms with E-state index in [1.807, 2.05) is 0 Å². The molecular weight excluding hydrogens is 425 g/mol. The van der Waals surface area contributed by atoms with E-state index < -0.39 is 21.6 Å². The molecule has 3 aromatic rings. The number of carbonyl (C=O) groups excluding carboxylic acids is 1. The lowest BCUT2D eigenvalue weighted by Crippen LogP contribution is -2.37. The summed E-state index contributed by atoms with van der Waals surface area (Å²) in [6, 6.07) is 10.9. The predicted molar refractivity (Wildman–Crippen MR) is 111 cm³/mol. The minimum Gasteiger partial charge on any atom is -0.497 e. The molecule has 0 aliphatic carbocycles. The lowest BCUT2D eigenvalue weighted by molar-refractivity contribution is 0.0979. The minimum absolute atomic E-state index is 0.0350. The Morgan fingerprint density at radius 3 is 2.55 bits per heavy atom. The first-order valence-corrected chi connectivity index (χ1v) is 11.2. The maximum Gasteiger partial charge on any atom is 0.235 e. The zero-order valence-corrected chi connectivity index (χ0v) is 17.5. The van der Waals surface area contributed by atoms with Crippen LogP contribution in [0.5, 0.6) is 5.75 Å². The normalized spacial score (nSPS) is 15.6. The van der Waals surface area contributed by atoms with Gasteiger partial charge in [-0.25, -0.2) is 12.8 Å². The van der Waals surface area contributed by atoms with Gasteiger partial charge in [-0.05, 0) is 65.2 Å². The maximum absolute atomic E-state index is 14.7. The number of rotatable bonds is 6. The third-order valence-corrected chi connectivity index (χ3v) is 6.93. The Morgan fingerprint density at radius 2 is 1.87 bits per heavy atom. The smallest absolute Gasteiger partial charge is 0.235 e. The van der Waals surface area contributed by atoms with Crippen LogP contribution in [0.25, 0.3) is 5.69 Å². The van der Waals surface area contributed by atoms with Gasteiger partial charge in [0, 0.05) is 13.0 Å². The van der Waals surface area contributed by atoms with Gasteiger partial charge in [-0.2, -0.15) is 4.68 Å². The Bertz CT molecular complexity index is 1210. The van der Waals surface area contributed by atoms with Crippen LogP contribution >= 0.6 is 0 Å². The van der Waals surface area contributed by atoms with Gasteiger partial charge in [-0.1, -0.05) is 6.07 Å². The maximum atomic E-state index is 14.7. The summed E-state index contributed by atoms with van der Waals surface area (Å²) in [5.74, 6) is -0.480. The van der Waals surface area contributed by atoms with E-state index in [0.717, 1.165) is 12.5 Å². The molecule has 0 saturated carbocycles. The van der Waals surface area contributed by atoms with E-state index in [9.17, 15) is 17.6 Å². The van der Waals surface area contributed by atoms with Crippen LogP contribution in [0.3, 0.4) is 0 Å². The van der Waals surface area contributed by atoms with Gasteiger partial charge < -0.3 is 4.74 Å². The van der Waals surface area contributed by atoms with Gasteiger partial charge in [0.1, 0.15) is 11.6 Å². The second-order valence-corrected chi connectivity index (χ2v) is 9.10. The molecule has 4 rings (SSSR count). The number of hydrogen-bond acceptors (Lipinski definition) is 7. The van der Waals surface area contributed by atoms with Gasteiger partial charge >= 0.3 is 0 Å². The fraction of sp³-hybridized carbons (Fsp3) is 0.300. The van der Waals surface area contributed by atoms with Crippen molar-refractivity contribution in [2.75, 3.05) is 23.7 Å². The van der Waals surface area contributed by atoms with Crippen LogP contribution in [-0.2, 0) is 16.4 Å². The van der Waals surface area contributed by atoms with E-state index in [1.165, 1.54) is 21.1 Å². The molecule has 0 unspecified atom stereocenters. The number of Topliss-reactive ketones (excluding diaryl/α,β-unsaturated/α-hetero) is 1. The highest BCUT2D eigenvalue weighted by atomic mass is 32.2. The number of ether oxygens (including phenoxy) is 1. The molecule has 2 aromatic carbocycles. The van der Waals surface area contributed by atoms with Crippen LogP contribution in [0, 0.1) is 5.82 Å². The van der Waals surface area contributed by atoms with Gasteiger partial charge in [0.05, 0.1) is 24.2 Å². The van der Waals surface area contributed by atoms with Crippen molar-refractivity contribution in [2.24, 2.45) is 0 Å². The molecule has 0 N–H and O–H groups in total. The number of ketones is 1. The number of hydrogen-bond donors (Lipinski definition) is 0. The van der Waals surface area contributed by atoms with Crippen molar-refractivity contribution in [1.82, 2.24) is 20.2 Å². The summed E-state index contributed by atoms with van der Waals surface area (Å²) >= 11 is 0. The molecule has 31 heavy (non-hydrogen) atoms. The summed E-state index contributed by atoms with van der Waals surface area (Å²) in [4.78, 5) is 12.8. The van der Waals surface area contributed by atoms with E-state index in [4.69, 9.17) is 4.74 Å². The Labute approximate surface area is 178 Å². The number of halogens is 1. The molecular formula is C20H20FN5O4S. The first-order chi connectivity index (χ1) is 14.9. The molecule has 0 spiro atoms. The van der Waals surface area contributed by atoms with E-state index in [-0.39, 0.29) is 29.2 Å². The summed E-state index contributed by atoms with van der Waals surface area (Å²) in [6.45, 7) is 0.316. The van der Waals surface area contributed by atoms with Crippen LogP contribution in [-0.4, -0.2) is 53.8 Å². The lowest BCUT2D eigenvalue weighted by atomic mass is 10.1. The summed E-state index contributed by atoms with van der Waals surface area (Å²) in [7, 11) is -1.90. The number of benzene rings is 2. The topological polar surface area (TPSA) is 107 Å². The van der Waals surface area contributed by atoms with Crippen LogP contribution in [0.1, 0.15) is 29.0 Å². The van der Waals surface area contributed by atoms with Gasteiger partial charge in [-0.3, -0.25) is 9.10 Å². The Balaban J connectivity index is 1.55. The largest absolute Gasteiger partial charge is 0.497 e. The quantitative estimate of drug-likeness (QED) is 0.535. The number of nitrogens with zero attached hydrogens (tertiary/aromatic N) is 5. The number of tetrazole rings is 1. The molecule has 9 nitrogen and oxygen atoms in total. The summed E-state index contributed by atoms with van der Waals surface area (Å²) in [6.07, 6.45) is 1.04. The molecule has 0 atom stereocenters. The van der Waals surface area contributed by atoms with Gasteiger partial charge in [0.2, 0.25) is 21.6 Å². The summed E-state index contributed by atoms with van der Waals surface area (Å²) < 4.78 is 46.8. The number of carbonyl (C=O) groups is 1. The number of aromatic nitrogens is 4. The Kier molecular flexibility index (Phi) is 5.68. The highest BCUT2D eigenvalue weighted by molar-refractivity contribution is 7.92. The molecule has 1 aliphatic rings. The molecule has 1 saturated heterocycles. The second kappa shape index (κ2) is 8.42. The van der Waals surface area contributed by atoms with Crippen molar-refractivity contribution >= 4 is 21.5 Å². The zero-order valence-electron chi connectivity index (χ0n) is 16.7. The van der Waals surface area contributed by atoms with Crippen LogP contribution in [0.2, 0.25) is 0 Å². The van der Waals surface area contributed by atoms with Crippen LogP contribution in [0.15, 0.2) is 42.5 Å². The summed E-state index contributed by atoms with van der Waals surface area (Å²) in [5, 5.41) is 11.2. The molecule has 0 bridgehead atoms. The van der Waals surface area contributed by atoms with E-state index in [1.54, 1.807) is 31.4 Å². The molecule has 1 aromatic heterocycles. The predicted octanol–water partition coefficient (Wildman–Crippen LogP) is 2.17. The summed E-state index contributed by atoms with van der Waals surface area (Å²) in [5.41, 5.74) is 0.948. The molecule has 162 valence electrons.